The topological polar surface area (TPSA) is 68.0 Å². The van der Waals surface area contributed by atoms with Crippen LogP contribution in [0.4, 0.5) is 0 Å². The van der Waals surface area contributed by atoms with Crippen molar-refractivity contribution in [2.45, 2.75) is 13.5 Å². The fraction of sp³-hybridized carbons (Fsp3) is 0.118. The number of carbonyl (C=O) groups excluding carboxylic acids is 1. The third-order valence-corrected chi connectivity index (χ3v) is 3.47. The van der Waals surface area contributed by atoms with E-state index >= 15 is 0 Å². The van der Waals surface area contributed by atoms with Crippen LogP contribution < -0.4 is 5.32 Å². The first-order chi connectivity index (χ1) is 11.1. The Morgan fingerprint density at radius 1 is 1.22 bits per heavy atom. The van der Waals surface area contributed by atoms with Crippen molar-refractivity contribution in [1.82, 2.24) is 15.5 Å². The van der Waals surface area contributed by atoms with Crippen molar-refractivity contribution < 1.29 is 9.32 Å². The lowest BCUT2D eigenvalue weighted by Crippen LogP contribution is -2.22. The number of aryl methyl sites for hydroxylation is 1. The first-order valence-electron chi connectivity index (χ1n) is 7.05. The molecule has 0 unspecified atom stereocenters. The maximum atomic E-state index is 12.0. The van der Waals surface area contributed by atoms with Crippen LogP contribution in [0.1, 0.15) is 21.8 Å². The molecule has 1 aromatic heterocycles. The molecule has 23 heavy (non-hydrogen) atoms. The van der Waals surface area contributed by atoms with E-state index in [1.165, 1.54) is 0 Å². The lowest BCUT2D eigenvalue weighted by molar-refractivity contribution is 0.0946. The van der Waals surface area contributed by atoms with Gasteiger partial charge in [0.2, 0.25) is 11.7 Å². The molecule has 0 aliphatic heterocycles. The molecule has 0 saturated carbocycles. The number of nitrogens with one attached hydrogen (secondary N) is 1. The number of rotatable bonds is 4. The Balaban J connectivity index is 1.67. The summed E-state index contributed by atoms with van der Waals surface area (Å²) in [6, 6.07) is 14.5. The highest BCUT2D eigenvalue weighted by Crippen LogP contribution is 2.17. The Kier molecular flexibility index (Phi) is 4.39. The normalized spacial score (nSPS) is 10.5. The lowest BCUT2D eigenvalue weighted by Gasteiger charge is -2.02. The molecule has 0 aliphatic rings. The van der Waals surface area contributed by atoms with Crippen molar-refractivity contribution in [3.8, 4) is 11.4 Å². The smallest absolute Gasteiger partial charge is 0.251 e. The van der Waals surface area contributed by atoms with Crippen molar-refractivity contribution >= 4 is 17.5 Å². The maximum Gasteiger partial charge on any atom is 0.251 e. The molecule has 3 aromatic rings. The summed E-state index contributed by atoms with van der Waals surface area (Å²) in [7, 11) is 0. The number of amides is 1. The van der Waals surface area contributed by atoms with Gasteiger partial charge in [-0.25, -0.2) is 0 Å². The monoisotopic (exact) mass is 327 g/mol. The second-order valence-corrected chi connectivity index (χ2v) is 5.51. The molecule has 2 aromatic carbocycles. The molecule has 1 heterocycles. The summed E-state index contributed by atoms with van der Waals surface area (Å²) in [4.78, 5) is 16.3. The van der Waals surface area contributed by atoms with Gasteiger partial charge in [-0.3, -0.25) is 4.79 Å². The zero-order valence-corrected chi connectivity index (χ0v) is 13.2. The summed E-state index contributed by atoms with van der Waals surface area (Å²) >= 11 is 5.87. The van der Waals surface area contributed by atoms with Gasteiger partial charge in [0.25, 0.3) is 5.91 Å². The summed E-state index contributed by atoms with van der Waals surface area (Å²) in [5, 5.41) is 7.17. The number of hydrogen-bond donors (Lipinski definition) is 1. The predicted octanol–water partition coefficient (Wildman–Crippen LogP) is 3.63. The van der Waals surface area contributed by atoms with Crippen LogP contribution in [0.2, 0.25) is 5.02 Å². The fourth-order valence-corrected chi connectivity index (χ4v) is 2.31. The fourth-order valence-electron chi connectivity index (χ4n) is 2.12. The van der Waals surface area contributed by atoms with E-state index in [1.54, 1.807) is 24.3 Å². The molecule has 0 atom stereocenters. The van der Waals surface area contributed by atoms with E-state index in [9.17, 15) is 4.79 Å². The summed E-state index contributed by atoms with van der Waals surface area (Å²) < 4.78 is 5.17. The van der Waals surface area contributed by atoms with Crippen molar-refractivity contribution in [1.29, 1.82) is 0 Å². The van der Waals surface area contributed by atoms with Crippen molar-refractivity contribution in [3.63, 3.8) is 0 Å². The van der Waals surface area contributed by atoms with Gasteiger partial charge in [0.1, 0.15) is 0 Å². The SMILES string of the molecule is Cc1cccc(-c2noc(CNC(=O)c3cccc(Cl)c3)n2)c1. The number of benzene rings is 2. The highest BCUT2D eigenvalue weighted by Gasteiger charge is 2.11. The quantitative estimate of drug-likeness (QED) is 0.794. The molecular weight excluding hydrogens is 314 g/mol. The van der Waals surface area contributed by atoms with Gasteiger partial charge in [-0.15, -0.1) is 0 Å². The van der Waals surface area contributed by atoms with E-state index < -0.39 is 0 Å². The minimum atomic E-state index is -0.247. The first kappa shape index (κ1) is 15.2. The summed E-state index contributed by atoms with van der Waals surface area (Å²) in [5.74, 6) is 0.598. The summed E-state index contributed by atoms with van der Waals surface area (Å²) in [6.45, 7) is 2.15. The second-order valence-electron chi connectivity index (χ2n) is 5.07. The molecule has 0 spiro atoms. The van der Waals surface area contributed by atoms with Crippen molar-refractivity contribution in [2.75, 3.05) is 0 Å². The highest BCUT2D eigenvalue weighted by atomic mass is 35.5. The number of nitrogens with zero attached hydrogens (tertiary/aromatic N) is 2. The van der Waals surface area contributed by atoms with Crippen molar-refractivity contribution in [3.05, 3.63) is 70.6 Å². The van der Waals surface area contributed by atoms with Gasteiger partial charge in [0.15, 0.2) is 0 Å². The number of halogens is 1. The molecule has 0 radical (unpaired) electrons. The number of carbonyl (C=O) groups is 1. The minimum absolute atomic E-state index is 0.157. The van der Waals surface area contributed by atoms with Crippen LogP contribution in [0.3, 0.4) is 0 Å². The Labute approximate surface area is 138 Å². The molecule has 0 aliphatic carbocycles. The first-order valence-corrected chi connectivity index (χ1v) is 7.43. The van der Waals surface area contributed by atoms with Gasteiger partial charge in [-0.2, -0.15) is 4.98 Å². The zero-order valence-electron chi connectivity index (χ0n) is 12.4. The molecular formula is C17H14ClN3O2. The number of hydrogen-bond acceptors (Lipinski definition) is 4. The van der Waals surface area contributed by atoms with Gasteiger partial charge in [-0.05, 0) is 31.2 Å². The van der Waals surface area contributed by atoms with E-state index in [0.29, 0.717) is 22.3 Å². The van der Waals surface area contributed by atoms with Gasteiger partial charge >= 0.3 is 0 Å². The van der Waals surface area contributed by atoms with E-state index in [1.807, 2.05) is 31.2 Å². The third kappa shape index (κ3) is 3.76. The molecule has 5 nitrogen and oxygen atoms in total. The Morgan fingerprint density at radius 2 is 2.04 bits per heavy atom. The average Bonchev–Trinajstić information content (AvgIpc) is 3.01. The Morgan fingerprint density at radius 3 is 2.83 bits per heavy atom. The Hall–Kier alpha value is -2.66. The highest BCUT2D eigenvalue weighted by molar-refractivity contribution is 6.30. The molecule has 1 amide bonds. The molecule has 0 bridgehead atoms. The molecule has 1 N–H and O–H groups in total. The van der Waals surface area contributed by atoms with Crippen molar-refractivity contribution in [2.24, 2.45) is 0 Å². The van der Waals surface area contributed by atoms with Crippen LogP contribution in [0, 0.1) is 6.92 Å². The minimum Gasteiger partial charge on any atom is -0.343 e. The lowest BCUT2D eigenvalue weighted by atomic mass is 10.1. The van der Waals surface area contributed by atoms with E-state index in [-0.39, 0.29) is 12.5 Å². The van der Waals surface area contributed by atoms with E-state index in [4.69, 9.17) is 16.1 Å². The largest absolute Gasteiger partial charge is 0.343 e. The average molecular weight is 328 g/mol. The predicted molar refractivity (Wildman–Crippen MR) is 87.1 cm³/mol. The van der Waals surface area contributed by atoms with Gasteiger partial charge in [-0.1, -0.05) is 46.6 Å². The van der Waals surface area contributed by atoms with Crippen LogP contribution in [0.5, 0.6) is 0 Å². The van der Waals surface area contributed by atoms with Gasteiger partial charge in [0.05, 0.1) is 6.54 Å². The molecule has 0 saturated heterocycles. The van der Waals surface area contributed by atoms with E-state index in [2.05, 4.69) is 15.5 Å². The zero-order chi connectivity index (χ0) is 16.2. The molecule has 116 valence electrons. The standard InChI is InChI=1S/C17H14ClN3O2/c1-11-4-2-5-12(8-11)16-20-15(23-21-16)10-19-17(22)13-6-3-7-14(18)9-13/h2-9H,10H2,1H3,(H,19,22). The van der Waals surface area contributed by atoms with Crippen LogP contribution in [0.15, 0.2) is 53.1 Å². The summed E-state index contributed by atoms with van der Waals surface area (Å²) in [6.07, 6.45) is 0. The van der Waals surface area contributed by atoms with Gasteiger partial charge in [0, 0.05) is 16.1 Å². The summed E-state index contributed by atoms with van der Waals surface area (Å²) in [5.41, 5.74) is 2.47. The maximum absolute atomic E-state index is 12.0. The second kappa shape index (κ2) is 6.62. The number of aromatic nitrogens is 2. The molecule has 6 heteroatoms. The molecule has 3 rings (SSSR count). The van der Waals surface area contributed by atoms with Crippen LogP contribution >= 0.6 is 11.6 Å². The molecule has 0 fully saturated rings. The third-order valence-electron chi connectivity index (χ3n) is 3.23. The Bertz CT molecular complexity index is 845. The van der Waals surface area contributed by atoms with Crippen LogP contribution in [-0.2, 0) is 6.54 Å². The van der Waals surface area contributed by atoms with Crippen LogP contribution in [-0.4, -0.2) is 16.0 Å². The van der Waals surface area contributed by atoms with E-state index in [0.717, 1.165) is 11.1 Å². The van der Waals surface area contributed by atoms with Crippen LogP contribution in [0.25, 0.3) is 11.4 Å². The van der Waals surface area contributed by atoms with Gasteiger partial charge < -0.3 is 9.84 Å².